The maximum Gasteiger partial charge on any atom is 0.318 e. The fourth-order valence-electron chi connectivity index (χ4n) is 2.09. The van der Waals surface area contributed by atoms with Gasteiger partial charge in [0.25, 0.3) is 5.91 Å². The minimum atomic E-state index is -1.65. The van der Waals surface area contributed by atoms with Crippen LogP contribution in [0, 0.1) is 11.2 Å². The van der Waals surface area contributed by atoms with E-state index in [2.05, 4.69) is 5.32 Å². The number of carbonyl (C=O) groups excluding carboxylic acids is 2. The van der Waals surface area contributed by atoms with Gasteiger partial charge in [-0.05, 0) is 32.0 Å². The van der Waals surface area contributed by atoms with Crippen LogP contribution in [0.2, 0.25) is 0 Å². The molecule has 0 saturated carbocycles. The maximum absolute atomic E-state index is 14.2. The molecule has 2 rings (SSSR count). The zero-order valence-electron chi connectivity index (χ0n) is 13.5. The lowest BCUT2D eigenvalue weighted by atomic mass is 9.92. The van der Waals surface area contributed by atoms with Crippen LogP contribution in [0.25, 0.3) is 0 Å². The van der Waals surface area contributed by atoms with Gasteiger partial charge in [-0.15, -0.1) is 0 Å². The largest absolute Gasteiger partial charge is 0.480 e. The molecule has 0 aliphatic carbocycles. The van der Waals surface area contributed by atoms with Gasteiger partial charge in [0.2, 0.25) is 5.91 Å². The van der Waals surface area contributed by atoms with Crippen molar-refractivity contribution in [1.82, 2.24) is 4.90 Å². The lowest BCUT2D eigenvalue weighted by molar-refractivity contribution is -0.151. The average molecular weight is 338 g/mol. The van der Waals surface area contributed by atoms with Crippen molar-refractivity contribution < 1.29 is 28.6 Å². The molecule has 0 aromatic heterocycles. The number of aliphatic carboxylic acids is 1. The van der Waals surface area contributed by atoms with Gasteiger partial charge in [-0.3, -0.25) is 14.4 Å². The first-order valence-electron chi connectivity index (χ1n) is 7.45. The molecule has 1 aromatic rings. The normalized spacial score (nSPS) is 15.0. The van der Waals surface area contributed by atoms with Crippen LogP contribution in [-0.4, -0.2) is 54.1 Å². The summed E-state index contributed by atoms with van der Waals surface area (Å²) in [5.41, 5.74) is -1.67. The van der Waals surface area contributed by atoms with Crippen LogP contribution < -0.4 is 5.32 Å². The summed E-state index contributed by atoms with van der Waals surface area (Å²) < 4.78 is 19.4. The average Bonchev–Trinajstić information content (AvgIpc) is 2.55. The summed E-state index contributed by atoms with van der Waals surface area (Å²) in [5, 5.41) is 11.4. The number of nitrogens with one attached hydrogen (secondary N) is 1. The lowest BCUT2D eigenvalue weighted by Crippen LogP contribution is -2.41. The fraction of sp³-hybridized carbons (Fsp3) is 0.438. The van der Waals surface area contributed by atoms with Crippen LogP contribution in [0.4, 0.5) is 10.1 Å². The zero-order valence-corrected chi connectivity index (χ0v) is 13.5. The van der Waals surface area contributed by atoms with E-state index in [0.717, 1.165) is 6.07 Å². The molecule has 0 radical (unpaired) electrons. The van der Waals surface area contributed by atoms with Crippen molar-refractivity contribution in [2.45, 2.75) is 13.8 Å². The minimum absolute atomic E-state index is 0.0883. The molecule has 1 aromatic carbocycles. The summed E-state index contributed by atoms with van der Waals surface area (Å²) in [6.07, 6.45) is 0. The number of carbonyl (C=O) groups is 3. The molecule has 8 heteroatoms. The molecule has 0 atom stereocenters. The van der Waals surface area contributed by atoms with Crippen LogP contribution >= 0.6 is 0 Å². The minimum Gasteiger partial charge on any atom is -0.480 e. The highest BCUT2D eigenvalue weighted by Crippen LogP contribution is 2.21. The Morgan fingerprint density at radius 3 is 2.42 bits per heavy atom. The lowest BCUT2D eigenvalue weighted by Gasteiger charge is -2.27. The maximum atomic E-state index is 14.2. The van der Waals surface area contributed by atoms with Gasteiger partial charge in [0.1, 0.15) is 11.2 Å². The number of hydrogen-bond acceptors (Lipinski definition) is 4. The summed E-state index contributed by atoms with van der Waals surface area (Å²) in [6.45, 7) is 4.10. The molecule has 0 spiro atoms. The summed E-state index contributed by atoms with van der Waals surface area (Å²) in [4.78, 5) is 36.8. The van der Waals surface area contributed by atoms with Crippen molar-refractivity contribution in [3.8, 4) is 0 Å². The summed E-state index contributed by atoms with van der Waals surface area (Å²) >= 11 is 0. The molecular formula is C16H19FN2O5. The van der Waals surface area contributed by atoms with Crippen LogP contribution in [0.3, 0.4) is 0 Å². The summed E-state index contributed by atoms with van der Waals surface area (Å²) in [5.74, 6) is -3.29. The van der Waals surface area contributed by atoms with Crippen molar-refractivity contribution in [3.05, 3.63) is 29.6 Å². The van der Waals surface area contributed by atoms with E-state index in [1.165, 1.54) is 30.9 Å². The van der Waals surface area contributed by atoms with E-state index < -0.39 is 29.0 Å². The van der Waals surface area contributed by atoms with Crippen LogP contribution in [0.15, 0.2) is 18.2 Å². The highest BCUT2D eigenvalue weighted by molar-refractivity contribution is 6.07. The molecule has 1 aliphatic rings. The number of rotatable bonds is 4. The SMILES string of the molecule is CC(C)(C(=O)O)C(=O)Nc1ccc(C(=O)N2CCOCC2)c(F)c1. The number of carboxylic acids is 1. The first-order chi connectivity index (χ1) is 11.2. The molecule has 2 amide bonds. The van der Waals surface area contributed by atoms with E-state index in [1.54, 1.807) is 0 Å². The predicted octanol–water partition coefficient (Wildman–Crippen LogP) is 1.35. The smallest absolute Gasteiger partial charge is 0.318 e. The van der Waals surface area contributed by atoms with Gasteiger partial charge in [-0.25, -0.2) is 4.39 Å². The third kappa shape index (κ3) is 3.70. The highest BCUT2D eigenvalue weighted by Gasteiger charge is 2.36. The number of ether oxygens (including phenoxy) is 1. The first kappa shape index (κ1) is 17.9. The highest BCUT2D eigenvalue weighted by atomic mass is 19.1. The van der Waals surface area contributed by atoms with E-state index in [9.17, 15) is 18.8 Å². The Morgan fingerprint density at radius 1 is 1.25 bits per heavy atom. The Labute approximate surface area is 138 Å². The van der Waals surface area contributed by atoms with Gasteiger partial charge in [-0.1, -0.05) is 0 Å². The number of anilines is 1. The van der Waals surface area contributed by atoms with Gasteiger partial charge in [0, 0.05) is 18.8 Å². The molecule has 1 heterocycles. The summed E-state index contributed by atoms with van der Waals surface area (Å²) in [7, 11) is 0. The Morgan fingerprint density at radius 2 is 1.88 bits per heavy atom. The van der Waals surface area contributed by atoms with E-state index >= 15 is 0 Å². The van der Waals surface area contributed by atoms with Gasteiger partial charge in [0.05, 0.1) is 18.8 Å². The number of amides is 2. The third-order valence-electron chi connectivity index (χ3n) is 3.86. The van der Waals surface area contributed by atoms with Gasteiger partial charge >= 0.3 is 5.97 Å². The first-order valence-corrected chi connectivity index (χ1v) is 7.45. The second-order valence-corrected chi connectivity index (χ2v) is 5.98. The standard InChI is InChI=1S/C16H19FN2O5/c1-16(2,15(22)23)14(21)18-10-3-4-11(12(17)9-10)13(20)19-5-7-24-8-6-19/h3-4,9H,5-8H2,1-2H3,(H,18,21)(H,22,23). The predicted molar refractivity (Wildman–Crippen MR) is 83.2 cm³/mol. The van der Waals surface area contributed by atoms with Gasteiger partial charge in [-0.2, -0.15) is 0 Å². The molecule has 24 heavy (non-hydrogen) atoms. The van der Waals surface area contributed by atoms with Crippen molar-refractivity contribution in [1.29, 1.82) is 0 Å². The Balaban J connectivity index is 2.13. The molecule has 7 nitrogen and oxygen atoms in total. The number of carboxylic acid groups (broad SMARTS) is 1. The zero-order chi connectivity index (χ0) is 17.9. The van der Waals surface area contributed by atoms with E-state index in [4.69, 9.17) is 9.84 Å². The van der Waals surface area contributed by atoms with Gasteiger partial charge < -0.3 is 20.1 Å². The van der Waals surface area contributed by atoms with E-state index in [-0.39, 0.29) is 11.3 Å². The van der Waals surface area contributed by atoms with Crippen LogP contribution in [-0.2, 0) is 14.3 Å². The van der Waals surface area contributed by atoms with Crippen molar-refractivity contribution in [2.24, 2.45) is 5.41 Å². The molecule has 0 unspecified atom stereocenters. The number of morpholine rings is 1. The molecule has 2 N–H and O–H groups in total. The van der Waals surface area contributed by atoms with Crippen LogP contribution in [0.5, 0.6) is 0 Å². The molecule has 1 saturated heterocycles. The number of benzene rings is 1. The monoisotopic (exact) mass is 338 g/mol. The van der Waals surface area contributed by atoms with E-state index in [0.29, 0.717) is 26.3 Å². The van der Waals surface area contributed by atoms with Crippen molar-refractivity contribution in [2.75, 3.05) is 31.6 Å². The van der Waals surface area contributed by atoms with Crippen molar-refractivity contribution in [3.63, 3.8) is 0 Å². The molecule has 130 valence electrons. The number of halogens is 1. The molecule has 1 fully saturated rings. The Hall–Kier alpha value is -2.48. The van der Waals surface area contributed by atoms with Crippen LogP contribution in [0.1, 0.15) is 24.2 Å². The fourth-order valence-corrected chi connectivity index (χ4v) is 2.09. The molecule has 0 bridgehead atoms. The molecular weight excluding hydrogens is 319 g/mol. The van der Waals surface area contributed by atoms with E-state index in [1.807, 2.05) is 0 Å². The summed E-state index contributed by atoms with van der Waals surface area (Å²) in [6, 6.07) is 3.65. The number of nitrogens with zero attached hydrogens (tertiary/aromatic N) is 1. The third-order valence-corrected chi connectivity index (χ3v) is 3.86. The van der Waals surface area contributed by atoms with Gasteiger partial charge in [0.15, 0.2) is 0 Å². The Kier molecular flexibility index (Phi) is 5.18. The molecule has 1 aliphatic heterocycles. The second kappa shape index (κ2) is 6.96. The Bertz CT molecular complexity index is 668. The topological polar surface area (TPSA) is 95.9 Å². The number of hydrogen-bond donors (Lipinski definition) is 2. The second-order valence-electron chi connectivity index (χ2n) is 5.98. The van der Waals surface area contributed by atoms with Crippen molar-refractivity contribution >= 4 is 23.5 Å². The quantitative estimate of drug-likeness (QED) is 0.808.